The fourth-order valence-corrected chi connectivity index (χ4v) is 3.49. The minimum atomic E-state index is -0.0554. The van der Waals surface area contributed by atoms with Crippen molar-refractivity contribution in [3.05, 3.63) is 71.5 Å². The third kappa shape index (κ3) is 3.11. The van der Waals surface area contributed by atoms with E-state index in [0.29, 0.717) is 24.5 Å². The highest BCUT2D eigenvalue weighted by molar-refractivity contribution is 5.95. The van der Waals surface area contributed by atoms with E-state index >= 15 is 0 Å². The Bertz CT molecular complexity index is 921. The lowest BCUT2D eigenvalue weighted by Gasteiger charge is -2.17. The average molecular weight is 347 g/mol. The lowest BCUT2D eigenvalue weighted by Crippen LogP contribution is -2.32. The van der Waals surface area contributed by atoms with Gasteiger partial charge in [0.1, 0.15) is 5.82 Å². The van der Waals surface area contributed by atoms with Crippen LogP contribution in [-0.2, 0) is 0 Å². The second kappa shape index (κ2) is 6.72. The maximum atomic E-state index is 13.0. The first kappa shape index (κ1) is 16.5. The number of hydrogen-bond acceptors (Lipinski definition) is 4. The van der Waals surface area contributed by atoms with Gasteiger partial charge in [-0.2, -0.15) is 5.10 Å². The van der Waals surface area contributed by atoms with E-state index < -0.39 is 0 Å². The van der Waals surface area contributed by atoms with Gasteiger partial charge in [-0.05, 0) is 24.6 Å². The van der Waals surface area contributed by atoms with Crippen LogP contribution in [0, 0.1) is 6.92 Å². The number of rotatable bonds is 3. The molecule has 1 amide bonds. The van der Waals surface area contributed by atoms with Crippen molar-refractivity contribution in [2.45, 2.75) is 18.9 Å². The summed E-state index contributed by atoms with van der Waals surface area (Å²) >= 11 is 0. The maximum Gasteiger partial charge on any atom is 0.253 e. The Balaban J connectivity index is 1.55. The molecule has 1 aliphatic rings. The largest absolute Gasteiger partial charge is 0.336 e. The zero-order chi connectivity index (χ0) is 18.1. The highest BCUT2D eigenvalue weighted by Crippen LogP contribution is 2.28. The number of amides is 1. The van der Waals surface area contributed by atoms with Gasteiger partial charge >= 0.3 is 0 Å². The van der Waals surface area contributed by atoms with Crippen LogP contribution in [0.3, 0.4) is 0 Å². The van der Waals surface area contributed by atoms with E-state index in [0.717, 1.165) is 11.4 Å². The van der Waals surface area contributed by atoms with Crippen LogP contribution >= 0.6 is 0 Å². The van der Waals surface area contributed by atoms with Crippen molar-refractivity contribution < 1.29 is 4.79 Å². The first-order valence-electron chi connectivity index (χ1n) is 8.71. The number of carbonyl (C=O) groups excluding carboxylic acids is 1. The lowest BCUT2D eigenvalue weighted by atomic mass is 9.95. The second-order valence-corrected chi connectivity index (χ2v) is 6.72. The molecule has 6 nitrogen and oxygen atoms in total. The van der Waals surface area contributed by atoms with Gasteiger partial charge in [0.05, 0.1) is 0 Å². The summed E-state index contributed by atoms with van der Waals surface area (Å²) in [5.74, 6) is 1.50. The van der Waals surface area contributed by atoms with Crippen LogP contribution < -0.4 is 5.73 Å². The molecule has 2 aromatic carbocycles. The predicted octanol–water partition coefficient (Wildman–Crippen LogP) is 2.35. The number of nitrogens with zero attached hydrogens (tertiary/aromatic N) is 3. The Morgan fingerprint density at radius 1 is 1.15 bits per heavy atom. The van der Waals surface area contributed by atoms with E-state index in [2.05, 4.69) is 27.3 Å². The summed E-state index contributed by atoms with van der Waals surface area (Å²) in [7, 11) is 0. The number of aryl methyl sites for hydroxylation is 1. The van der Waals surface area contributed by atoms with Crippen molar-refractivity contribution in [3.8, 4) is 11.4 Å². The molecule has 132 valence electrons. The Morgan fingerprint density at radius 2 is 1.96 bits per heavy atom. The SMILES string of the molecule is Cc1nc(-c2cccc(C(=O)N3C[C@@H](N)[C@H](c4ccccc4)C3)c2)n[nH]1. The van der Waals surface area contributed by atoms with E-state index in [-0.39, 0.29) is 17.9 Å². The molecule has 3 N–H and O–H groups in total. The third-order valence-electron chi connectivity index (χ3n) is 4.84. The van der Waals surface area contributed by atoms with Gasteiger partial charge in [-0.15, -0.1) is 0 Å². The Kier molecular flexibility index (Phi) is 4.26. The summed E-state index contributed by atoms with van der Waals surface area (Å²) in [5.41, 5.74) is 8.96. The molecule has 3 aromatic rings. The molecule has 0 unspecified atom stereocenters. The van der Waals surface area contributed by atoms with Crippen LogP contribution in [-0.4, -0.2) is 45.1 Å². The third-order valence-corrected chi connectivity index (χ3v) is 4.84. The molecule has 0 aliphatic carbocycles. The molecule has 4 rings (SSSR count). The number of aromatic nitrogens is 3. The summed E-state index contributed by atoms with van der Waals surface area (Å²) in [4.78, 5) is 19.1. The lowest BCUT2D eigenvalue weighted by molar-refractivity contribution is 0.0789. The van der Waals surface area contributed by atoms with Gasteiger partial charge in [0.15, 0.2) is 5.82 Å². The normalized spacial score (nSPS) is 19.7. The molecule has 1 aliphatic heterocycles. The number of carbonyl (C=O) groups is 1. The molecule has 0 spiro atoms. The number of H-pyrrole nitrogens is 1. The standard InChI is InChI=1S/C20H21N5O/c1-13-22-19(24-23-13)15-8-5-9-16(10-15)20(26)25-11-17(18(21)12-25)14-6-3-2-4-7-14/h2-10,17-18H,11-12,21H2,1H3,(H,22,23,24)/t17-,18+/m0/s1. The highest BCUT2D eigenvalue weighted by atomic mass is 16.2. The van der Waals surface area contributed by atoms with Crippen LogP contribution in [0.2, 0.25) is 0 Å². The van der Waals surface area contributed by atoms with Gasteiger partial charge < -0.3 is 10.6 Å². The Hall–Kier alpha value is -2.99. The molecule has 1 aromatic heterocycles. The Morgan fingerprint density at radius 3 is 2.69 bits per heavy atom. The van der Waals surface area contributed by atoms with Crippen molar-refractivity contribution in [2.24, 2.45) is 5.73 Å². The number of nitrogens with two attached hydrogens (primary N) is 1. The van der Waals surface area contributed by atoms with E-state index in [1.807, 2.05) is 54.3 Å². The van der Waals surface area contributed by atoms with Crippen molar-refractivity contribution in [1.82, 2.24) is 20.1 Å². The van der Waals surface area contributed by atoms with Crippen molar-refractivity contribution in [2.75, 3.05) is 13.1 Å². The zero-order valence-electron chi connectivity index (χ0n) is 14.6. The molecule has 1 fully saturated rings. The number of likely N-dealkylation sites (tertiary alicyclic amines) is 1. The number of nitrogens with one attached hydrogen (secondary N) is 1. The predicted molar refractivity (Wildman–Crippen MR) is 99.6 cm³/mol. The minimum absolute atomic E-state index is 0.00649. The van der Waals surface area contributed by atoms with Crippen LogP contribution in [0.25, 0.3) is 11.4 Å². The molecule has 2 atom stereocenters. The fraction of sp³-hybridized carbons (Fsp3) is 0.250. The van der Waals surface area contributed by atoms with Gasteiger partial charge in [-0.3, -0.25) is 9.89 Å². The molecule has 6 heteroatoms. The van der Waals surface area contributed by atoms with E-state index in [1.165, 1.54) is 5.56 Å². The topological polar surface area (TPSA) is 87.9 Å². The van der Waals surface area contributed by atoms with Gasteiger partial charge in [0.2, 0.25) is 0 Å². The molecule has 2 heterocycles. The first-order chi connectivity index (χ1) is 12.6. The average Bonchev–Trinajstić information content (AvgIpc) is 3.28. The summed E-state index contributed by atoms with van der Waals surface area (Å²) in [6.07, 6.45) is 0. The first-order valence-corrected chi connectivity index (χ1v) is 8.71. The summed E-state index contributed by atoms with van der Waals surface area (Å²) in [5, 5.41) is 6.99. The summed E-state index contributed by atoms with van der Waals surface area (Å²) in [6, 6.07) is 17.5. The van der Waals surface area contributed by atoms with Crippen LogP contribution in [0.5, 0.6) is 0 Å². The second-order valence-electron chi connectivity index (χ2n) is 6.72. The monoisotopic (exact) mass is 347 g/mol. The van der Waals surface area contributed by atoms with Crippen molar-refractivity contribution in [1.29, 1.82) is 0 Å². The summed E-state index contributed by atoms with van der Waals surface area (Å²) in [6.45, 7) is 3.04. The maximum absolute atomic E-state index is 13.0. The van der Waals surface area contributed by atoms with Gasteiger partial charge in [-0.25, -0.2) is 4.98 Å². The minimum Gasteiger partial charge on any atom is -0.336 e. The van der Waals surface area contributed by atoms with Crippen LogP contribution in [0.15, 0.2) is 54.6 Å². The van der Waals surface area contributed by atoms with Crippen molar-refractivity contribution in [3.63, 3.8) is 0 Å². The molecule has 0 bridgehead atoms. The molecule has 0 saturated carbocycles. The molecule has 0 radical (unpaired) electrons. The quantitative estimate of drug-likeness (QED) is 0.761. The molecule has 26 heavy (non-hydrogen) atoms. The molecule has 1 saturated heterocycles. The van der Waals surface area contributed by atoms with Gasteiger partial charge in [0, 0.05) is 36.2 Å². The molecular formula is C20H21N5O. The van der Waals surface area contributed by atoms with Gasteiger partial charge in [0.25, 0.3) is 5.91 Å². The van der Waals surface area contributed by atoms with Gasteiger partial charge in [-0.1, -0.05) is 42.5 Å². The summed E-state index contributed by atoms with van der Waals surface area (Å²) < 4.78 is 0. The van der Waals surface area contributed by atoms with Crippen molar-refractivity contribution >= 4 is 5.91 Å². The van der Waals surface area contributed by atoms with E-state index in [9.17, 15) is 4.79 Å². The zero-order valence-corrected chi connectivity index (χ0v) is 14.6. The highest BCUT2D eigenvalue weighted by Gasteiger charge is 2.34. The van der Waals surface area contributed by atoms with Crippen LogP contribution in [0.1, 0.15) is 27.7 Å². The number of hydrogen-bond donors (Lipinski definition) is 2. The fourth-order valence-electron chi connectivity index (χ4n) is 3.49. The number of aromatic amines is 1. The smallest absolute Gasteiger partial charge is 0.253 e. The van der Waals surface area contributed by atoms with E-state index in [4.69, 9.17) is 5.73 Å². The number of benzene rings is 2. The van der Waals surface area contributed by atoms with E-state index in [1.54, 1.807) is 0 Å². The molecular weight excluding hydrogens is 326 g/mol. The van der Waals surface area contributed by atoms with Crippen LogP contribution in [0.4, 0.5) is 0 Å². The Labute approximate surface area is 152 Å².